The van der Waals surface area contributed by atoms with E-state index in [0.29, 0.717) is 16.6 Å². The molecule has 0 amide bonds. The van der Waals surface area contributed by atoms with E-state index < -0.39 is 7.12 Å². The number of allylic oxidation sites excluding steroid dienone is 3. The molecule has 0 bridgehead atoms. The lowest BCUT2D eigenvalue weighted by atomic mass is 9.79. The third-order valence-corrected chi connectivity index (χ3v) is 11.2. The third kappa shape index (κ3) is 4.89. The third-order valence-electron chi connectivity index (χ3n) is 11.2. The van der Waals surface area contributed by atoms with Crippen LogP contribution in [0.1, 0.15) is 16.8 Å². The van der Waals surface area contributed by atoms with Crippen molar-refractivity contribution < 1.29 is 14.5 Å². The number of aromatic nitrogens is 2. The van der Waals surface area contributed by atoms with E-state index in [1.54, 1.807) is 6.07 Å². The molecule has 3 aromatic heterocycles. The number of hydrogen-bond acceptors (Lipinski definition) is 3. The van der Waals surface area contributed by atoms with Crippen LogP contribution in [0.15, 0.2) is 174 Å². The molecule has 5 nitrogen and oxygen atoms in total. The molecule has 1 aliphatic carbocycles. The first kappa shape index (κ1) is 31.7. The predicted molar refractivity (Wildman–Crippen MR) is 227 cm³/mol. The van der Waals surface area contributed by atoms with Gasteiger partial charge >= 0.3 is 7.12 Å². The van der Waals surface area contributed by atoms with Crippen LogP contribution in [0.2, 0.25) is 0 Å². The van der Waals surface area contributed by atoms with Gasteiger partial charge in [0.15, 0.2) is 5.58 Å². The fourth-order valence-corrected chi connectivity index (χ4v) is 8.71. The maximum absolute atomic E-state index is 10.1. The lowest BCUT2D eigenvalue weighted by molar-refractivity contribution is 0.425. The van der Waals surface area contributed by atoms with Crippen LogP contribution in [0, 0.1) is 0 Å². The Labute approximate surface area is 317 Å². The predicted octanol–water partition coefficient (Wildman–Crippen LogP) is 10.6. The molecule has 1 aliphatic rings. The van der Waals surface area contributed by atoms with Gasteiger partial charge in [-0.2, -0.15) is 0 Å². The van der Waals surface area contributed by atoms with Crippen LogP contribution in [-0.4, -0.2) is 26.3 Å². The molecule has 0 fully saturated rings. The summed E-state index contributed by atoms with van der Waals surface area (Å²) in [7, 11) is -1.64. The maximum atomic E-state index is 10.1. The molecule has 2 N–H and O–H groups in total. The molecule has 3 heterocycles. The van der Waals surface area contributed by atoms with Crippen LogP contribution in [0.3, 0.4) is 0 Å². The molecule has 0 saturated carbocycles. The standard InChI is InChI=1S/C49H33BN2O3/c53-50(54)42-20-10-18-37-38-19-11-23-47(49(38)55-48(37)42)52-43-21-8-7-17-36(43)39-30-34(25-27-46(39)52)32-14-9-22-44-40(28-32)41-29-33(31-12-3-1-4-13-31)24-26-45(41)51(44)35-15-5-2-6-16-35/h1-21,23-30,53-54H,22H2. The van der Waals surface area contributed by atoms with Crippen molar-refractivity contribution in [3.63, 3.8) is 0 Å². The summed E-state index contributed by atoms with van der Waals surface area (Å²) in [6.45, 7) is 0. The molecule has 0 radical (unpaired) electrons. The number of furan rings is 1. The summed E-state index contributed by atoms with van der Waals surface area (Å²) < 4.78 is 11.2. The molecule has 6 heteroatoms. The van der Waals surface area contributed by atoms with Gasteiger partial charge < -0.3 is 23.6 Å². The van der Waals surface area contributed by atoms with Crippen LogP contribution >= 0.6 is 0 Å². The van der Waals surface area contributed by atoms with Crippen molar-refractivity contribution in [3.8, 4) is 22.5 Å². The Bertz CT molecular complexity index is 3200. The average molecular weight is 709 g/mol. The number of hydrogen-bond donors (Lipinski definition) is 2. The summed E-state index contributed by atoms with van der Waals surface area (Å²) in [5.41, 5.74) is 14.1. The van der Waals surface area contributed by atoms with E-state index in [1.807, 2.05) is 24.3 Å². The van der Waals surface area contributed by atoms with E-state index in [1.165, 1.54) is 33.3 Å². The average Bonchev–Trinajstić information content (AvgIpc) is 3.82. The largest absolute Gasteiger partial charge is 0.492 e. The molecule has 11 rings (SSSR count). The molecule has 0 atom stereocenters. The first-order valence-corrected chi connectivity index (χ1v) is 18.6. The zero-order valence-electron chi connectivity index (χ0n) is 29.7. The highest BCUT2D eigenvalue weighted by molar-refractivity contribution is 6.61. The van der Waals surface area contributed by atoms with Crippen molar-refractivity contribution >= 4 is 78.9 Å². The topological polar surface area (TPSA) is 63.5 Å². The first-order chi connectivity index (χ1) is 27.1. The minimum absolute atomic E-state index is 0.350. The zero-order valence-corrected chi connectivity index (χ0v) is 29.7. The molecular weight excluding hydrogens is 675 g/mol. The molecule has 0 unspecified atom stereocenters. The van der Waals surface area contributed by atoms with Crippen molar-refractivity contribution in [2.45, 2.75) is 6.42 Å². The van der Waals surface area contributed by atoms with Crippen LogP contribution in [0.5, 0.6) is 0 Å². The molecule has 260 valence electrons. The Morgan fingerprint density at radius 1 is 0.509 bits per heavy atom. The lowest BCUT2D eigenvalue weighted by Crippen LogP contribution is -2.29. The highest BCUT2D eigenvalue weighted by Gasteiger charge is 2.23. The van der Waals surface area contributed by atoms with Gasteiger partial charge in [0.05, 0.1) is 22.2 Å². The number of para-hydroxylation sites is 4. The van der Waals surface area contributed by atoms with E-state index >= 15 is 0 Å². The van der Waals surface area contributed by atoms with E-state index in [2.05, 4.69) is 155 Å². The monoisotopic (exact) mass is 708 g/mol. The maximum Gasteiger partial charge on any atom is 0.492 e. The molecular formula is C49H33BN2O3. The molecule has 0 saturated heterocycles. The summed E-state index contributed by atoms with van der Waals surface area (Å²) in [5, 5.41) is 25.6. The van der Waals surface area contributed by atoms with Crippen molar-refractivity contribution in [2.75, 3.05) is 0 Å². The Hall–Kier alpha value is -6.86. The second kappa shape index (κ2) is 12.4. The molecule has 0 aliphatic heterocycles. The molecule has 7 aromatic carbocycles. The van der Waals surface area contributed by atoms with Gasteiger partial charge in [0.2, 0.25) is 0 Å². The summed E-state index contributed by atoms with van der Waals surface area (Å²) in [4.78, 5) is 0. The molecule has 0 spiro atoms. The van der Waals surface area contributed by atoms with E-state index in [9.17, 15) is 10.0 Å². The zero-order chi connectivity index (χ0) is 36.6. The van der Waals surface area contributed by atoms with Gasteiger partial charge in [0.25, 0.3) is 0 Å². The Kier molecular flexibility index (Phi) is 7.11. The molecule has 55 heavy (non-hydrogen) atoms. The second-order valence-corrected chi connectivity index (χ2v) is 14.3. The van der Waals surface area contributed by atoms with Crippen molar-refractivity contribution in [2.24, 2.45) is 0 Å². The van der Waals surface area contributed by atoms with Gasteiger partial charge in [-0.1, -0.05) is 121 Å². The SMILES string of the molecule is OB(O)c1cccc2c1oc1c(-n3c4ccccc4c4cc(C5=Cc6c(n(-c7ccccc7)c7ccc(-c8ccccc8)cc67)CC=C5)ccc43)cccc12. The van der Waals surface area contributed by atoms with Crippen LogP contribution in [0.25, 0.3) is 88.8 Å². The minimum atomic E-state index is -1.64. The minimum Gasteiger partial charge on any atom is -0.454 e. The van der Waals surface area contributed by atoms with Crippen molar-refractivity contribution in [1.29, 1.82) is 0 Å². The van der Waals surface area contributed by atoms with Gasteiger partial charge in [-0.15, -0.1) is 0 Å². The normalized spacial score (nSPS) is 12.9. The van der Waals surface area contributed by atoms with E-state index in [-0.39, 0.29) is 0 Å². The highest BCUT2D eigenvalue weighted by Crippen LogP contribution is 2.41. The van der Waals surface area contributed by atoms with E-state index in [0.717, 1.165) is 61.5 Å². The Balaban J connectivity index is 1.12. The summed E-state index contributed by atoms with van der Waals surface area (Å²) in [6, 6.07) is 55.0. The number of fused-ring (bicyclic) bond motifs is 9. The summed E-state index contributed by atoms with van der Waals surface area (Å²) >= 11 is 0. The Morgan fingerprint density at radius 2 is 1.16 bits per heavy atom. The molecule has 10 aromatic rings. The van der Waals surface area contributed by atoms with Gasteiger partial charge in [0.1, 0.15) is 5.58 Å². The first-order valence-electron chi connectivity index (χ1n) is 18.6. The smallest absolute Gasteiger partial charge is 0.454 e. The highest BCUT2D eigenvalue weighted by atomic mass is 16.4. The number of benzene rings is 7. The van der Waals surface area contributed by atoms with Gasteiger partial charge in [-0.3, -0.25) is 0 Å². The van der Waals surface area contributed by atoms with Crippen LogP contribution in [-0.2, 0) is 6.42 Å². The number of rotatable bonds is 5. The quantitative estimate of drug-likeness (QED) is 0.175. The lowest BCUT2D eigenvalue weighted by Gasteiger charge is -2.10. The van der Waals surface area contributed by atoms with Crippen molar-refractivity contribution in [1.82, 2.24) is 9.13 Å². The van der Waals surface area contributed by atoms with E-state index in [4.69, 9.17) is 4.42 Å². The summed E-state index contributed by atoms with van der Waals surface area (Å²) in [6.07, 6.45) is 7.74. The number of nitrogens with zero attached hydrogens (tertiary/aromatic N) is 2. The van der Waals surface area contributed by atoms with Crippen molar-refractivity contribution in [3.05, 3.63) is 187 Å². The Morgan fingerprint density at radius 3 is 1.98 bits per heavy atom. The fourth-order valence-electron chi connectivity index (χ4n) is 8.71. The fraction of sp³-hybridized carbons (Fsp3) is 0.0204. The van der Waals surface area contributed by atoms with Gasteiger partial charge in [0, 0.05) is 55.8 Å². The van der Waals surface area contributed by atoms with Gasteiger partial charge in [-0.05, 0) is 76.9 Å². The van der Waals surface area contributed by atoms with Crippen LogP contribution < -0.4 is 5.46 Å². The second-order valence-electron chi connectivity index (χ2n) is 14.3. The summed E-state index contributed by atoms with van der Waals surface area (Å²) in [5.74, 6) is 0. The van der Waals surface area contributed by atoms with Gasteiger partial charge in [-0.25, -0.2) is 0 Å². The van der Waals surface area contributed by atoms with Crippen LogP contribution in [0.4, 0.5) is 0 Å².